The Morgan fingerprint density at radius 2 is 1.72 bits per heavy atom. The van der Waals surface area contributed by atoms with Crippen LogP contribution in [0.2, 0.25) is 0 Å². The molecule has 1 fully saturated rings. The summed E-state index contributed by atoms with van der Waals surface area (Å²) in [7, 11) is -3.27. The van der Waals surface area contributed by atoms with Crippen molar-refractivity contribution in [1.29, 1.82) is 0 Å². The number of carbonyl (C=O) groups is 1. The fourth-order valence-electron chi connectivity index (χ4n) is 3.09. The summed E-state index contributed by atoms with van der Waals surface area (Å²) in [4.78, 5) is 17.8. The molecule has 0 spiro atoms. The molecule has 0 bridgehead atoms. The van der Waals surface area contributed by atoms with Gasteiger partial charge in [0.05, 0.1) is 10.9 Å². The van der Waals surface area contributed by atoms with Gasteiger partial charge in [-0.3, -0.25) is 14.4 Å². The maximum atomic E-state index is 12.8. The average molecular weight is 358 g/mol. The van der Waals surface area contributed by atoms with E-state index in [1.807, 2.05) is 12.1 Å². The molecule has 25 heavy (non-hydrogen) atoms. The van der Waals surface area contributed by atoms with E-state index in [-0.39, 0.29) is 16.8 Å². The van der Waals surface area contributed by atoms with Crippen LogP contribution in [0.3, 0.4) is 0 Å². The van der Waals surface area contributed by atoms with E-state index in [9.17, 15) is 13.2 Å². The van der Waals surface area contributed by atoms with E-state index in [2.05, 4.69) is 0 Å². The monoisotopic (exact) mass is 358 g/mol. The largest absolute Gasteiger partial charge is 0.268 e. The number of nitrogens with zero attached hydrogens (tertiary/aromatic N) is 2. The van der Waals surface area contributed by atoms with Gasteiger partial charge in [0, 0.05) is 18.0 Å². The minimum atomic E-state index is -3.27. The maximum absolute atomic E-state index is 12.8. The molecule has 1 aliphatic rings. The van der Waals surface area contributed by atoms with Crippen LogP contribution in [0.5, 0.6) is 0 Å². The van der Waals surface area contributed by atoms with Gasteiger partial charge in [-0.25, -0.2) is 8.42 Å². The molecule has 132 valence electrons. The van der Waals surface area contributed by atoms with E-state index in [4.69, 9.17) is 4.99 Å². The van der Waals surface area contributed by atoms with Crippen molar-refractivity contribution in [3.8, 4) is 0 Å². The Labute approximate surface area is 148 Å². The average Bonchev–Trinajstić information content (AvgIpc) is 2.62. The van der Waals surface area contributed by atoms with Crippen molar-refractivity contribution in [2.45, 2.75) is 43.0 Å². The van der Waals surface area contributed by atoms with Gasteiger partial charge in [0.25, 0.3) is 5.91 Å². The van der Waals surface area contributed by atoms with Crippen LogP contribution in [0, 0.1) is 0 Å². The zero-order valence-corrected chi connectivity index (χ0v) is 15.1. The highest BCUT2D eigenvalue weighted by atomic mass is 32.2. The third-order valence-corrected chi connectivity index (χ3v) is 5.60. The van der Waals surface area contributed by atoms with Crippen molar-refractivity contribution in [3.63, 3.8) is 0 Å². The molecule has 6 heteroatoms. The Balaban J connectivity index is 1.94. The molecule has 2 aromatic rings. The minimum absolute atomic E-state index is 0.203. The third-order valence-electron chi connectivity index (χ3n) is 4.48. The van der Waals surface area contributed by atoms with Crippen LogP contribution in [-0.4, -0.2) is 31.2 Å². The number of hydrogen-bond acceptors (Lipinski definition) is 4. The van der Waals surface area contributed by atoms with Crippen LogP contribution in [-0.2, 0) is 9.84 Å². The lowest BCUT2D eigenvalue weighted by Crippen LogP contribution is -2.29. The Morgan fingerprint density at radius 1 is 1.04 bits per heavy atom. The molecule has 0 aliphatic heterocycles. The minimum Gasteiger partial charge on any atom is -0.268 e. The molecule has 1 aliphatic carbocycles. The van der Waals surface area contributed by atoms with Crippen molar-refractivity contribution in [2.75, 3.05) is 6.26 Å². The second-order valence-electron chi connectivity index (χ2n) is 6.45. The Hall–Kier alpha value is -2.21. The summed E-state index contributed by atoms with van der Waals surface area (Å²) in [6.07, 6.45) is 8.60. The van der Waals surface area contributed by atoms with Gasteiger partial charge in [-0.05, 0) is 49.2 Å². The fourth-order valence-corrected chi connectivity index (χ4v) is 3.72. The van der Waals surface area contributed by atoms with Gasteiger partial charge >= 0.3 is 0 Å². The van der Waals surface area contributed by atoms with Crippen molar-refractivity contribution < 1.29 is 13.2 Å². The molecule has 0 saturated heterocycles. The lowest BCUT2D eigenvalue weighted by atomic mass is 9.96. The van der Waals surface area contributed by atoms with Gasteiger partial charge in [0.1, 0.15) is 5.49 Å². The van der Waals surface area contributed by atoms with Crippen molar-refractivity contribution in [1.82, 2.24) is 4.57 Å². The number of rotatable bonds is 3. The second-order valence-corrected chi connectivity index (χ2v) is 8.47. The van der Waals surface area contributed by atoms with Gasteiger partial charge in [-0.2, -0.15) is 0 Å². The number of sulfone groups is 1. The molecular weight excluding hydrogens is 336 g/mol. The van der Waals surface area contributed by atoms with E-state index in [1.165, 1.54) is 36.0 Å². The van der Waals surface area contributed by atoms with Gasteiger partial charge in [-0.15, -0.1) is 0 Å². The molecule has 3 rings (SSSR count). The van der Waals surface area contributed by atoms with Gasteiger partial charge in [0.2, 0.25) is 0 Å². The quantitative estimate of drug-likeness (QED) is 0.847. The van der Waals surface area contributed by atoms with Crippen LogP contribution < -0.4 is 5.49 Å². The molecule has 0 amide bonds. The van der Waals surface area contributed by atoms with Crippen molar-refractivity contribution in [3.05, 3.63) is 59.7 Å². The van der Waals surface area contributed by atoms with E-state index < -0.39 is 9.84 Å². The summed E-state index contributed by atoms with van der Waals surface area (Å²) < 4.78 is 24.6. The molecule has 1 aromatic heterocycles. The van der Waals surface area contributed by atoms with Crippen LogP contribution in [0.1, 0.15) is 42.5 Å². The number of carbonyl (C=O) groups excluding carboxylic acids is 1. The van der Waals surface area contributed by atoms with E-state index in [0.717, 1.165) is 19.1 Å². The first-order chi connectivity index (χ1) is 11.9. The number of benzene rings is 1. The van der Waals surface area contributed by atoms with Crippen molar-refractivity contribution in [2.24, 2.45) is 4.99 Å². The lowest BCUT2D eigenvalue weighted by molar-refractivity contribution is 0.0954. The first kappa shape index (κ1) is 17.6. The molecule has 0 radical (unpaired) electrons. The zero-order valence-electron chi connectivity index (χ0n) is 14.3. The van der Waals surface area contributed by atoms with Gasteiger partial charge in [-0.1, -0.05) is 25.3 Å². The molecule has 0 unspecified atom stereocenters. The summed E-state index contributed by atoms with van der Waals surface area (Å²) in [5.41, 5.74) is 1.08. The molecule has 1 saturated carbocycles. The Kier molecular flexibility index (Phi) is 5.18. The SMILES string of the molecule is CS(=O)(=O)c1ccc(C(=O)n2ccccc2=NC2CCCCC2)cc1. The van der Waals surface area contributed by atoms with Crippen LogP contribution in [0.15, 0.2) is 58.5 Å². The third kappa shape index (κ3) is 4.25. The molecule has 1 heterocycles. The molecule has 5 nitrogen and oxygen atoms in total. The predicted octanol–water partition coefficient (Wildman–Crippen LogP) is 2.81. The normalized spacial score (nSPS) is 16.8. The van der Waals surface area contributed by atoms with E-state index >= 15 is 0 Å². The number of pyridine rings is 1. The molecule has 0 atom stereocenters. The smallest absolute Gasteiger partial charge is 0.263 e. The Bertz CT molecular complexity index is 922. The Morgan fingerprint density at radius 3 is 2.36 bits per heavy atom. The first-order valence-electron chi connectivity index (χ1n) is 8.51. The summed E-state index contributed by atoms with van der Waals surface area (Å²) in [5, 5.41) is 0. The van der Waals surface area contributed by atoms with Crippen molar-refractivity contribution >= 4 is 15.7 Å². The van der Waals surface area contributed by atoms with E-state index in [0.29, 0.717) is 11.1 Å². The standard InChI is InChI=1S/C19H22N2O3S/c1-25(23,24)17-12-10-15(11-13-17)19(22)21-14-6-5-9-18(21)20-16-7-3-2-4-8-16/h5-6,9-14,16H,2-4,7-8H2,1H3. The predicted molar refractivity (Wildman–Crippen MR) is 96.1 cm³/mol. The zero-order chi connectivity index (χ0) is 17.9. The maximum Gasteiger partial charge on any atom is 0.263 e. The second kappa shape index (κ2) is 7.35. The molecular formula is C19H22N2O3S. The first-order valence-corrected chi connectivity index (χ1v) is 10.4. The highest BCUT2D eigenvalue weighted by molar-refractivity contribution is 7.90. The van der Waals surface area contributed by atoms with Gasteiger partial charge < -0.3 is 0 Å². The summed E-state index contributed by atoms with van der Waals surface area (Å²) in [6.45, 7) is 0. The highest BCUT2D eigenvalue weighted by Gasteiger charge is 2.14. The highest BCUT2D eigenvalue weighted by Crippen LogP contribution is 2.19. The van der Waals surface area contributed by atoms with Crippen LogP contribution in [0.25, 0.3) is 0 Å². The van der Waals surface area contributed by atoms with Crippen LogP contribution in [0.4, 0.5) is 0 Å². The number of hydrogen-bond donors (Lipinski definition) is 0. The summed E-state index contributed by atoms with van der Waals surface area (Å²) >= 11 is 0. The molecule has 0 N–H and O–H groups in total. The topological polar surface area (TPSA) is 68.5 Å². The summed E-state index contributed by atoms with van der Waals surface area (Å²) in [6, 6.07) is 11.8. The fraction of sp³-hybridized carbons (Fsp3) is 0.368. The molecule has 1 aromatic carbocycles. The van der Waals surface area contributed by atoms with Gasteiger partial charge in [0.15, 0.2) is 9.84 Å². The summed E-state index contributed by atoms with van der Waals surface area (Å²) in [5.74, 6) is -0.213. The van der Waals surface area contributed by atoms with E-state index in [1.54, 1.807) is 24.4 Å². The number of aromatic nitrogens is 1. The lowest BCUT2D eigenvalue weighted by Gasteiger charge is -2.17. The van der Waals surface area contributed by atoms with Crippen LogP contribution >= 0.6 is 0 Å².